The lowest BCUT2D eigenvalue weighted by Gasteiger charge is -2.38. The number of nitrogens with zero attached hydrogens (tertiary/aromatic N) is 3. The number of aliphatic carboxylic acids is 1. The Kier molecular flexibility index (Phi) is 6.05. The number of carboxylic acids is 1. The number of hydrogen-bond donors (Lipinski definition) is 1. The zero-order chi connectivity index (χ0) is 20.9. The first-order valence-corrected chi connectivity index (χ1v) is 10.2. The number of benzene rings is 2. The van der Waals surface area contributed by atoms with Crippen molar-refractivity contribution < 1.29 is 14.6 Å². The van der Waals surface area contributed by atoms with Crippen LogP contribution in [0.1, 0.15) is 19.8 Å². The molecule has 0 spiro atoms. The predicted molar refractivity (Wildman–Crippen MR) is 116 cm³/mol. The number of rotatable bonds is 6. The second-order valence-electron chi connectivity index (χ2n) is 7.55. The van der Waals surface area contributed by atoms with Crippen molar-refractivity contribution in [3.63, 3.8) is 0 Å². The molecule has 1 saturated heterocycles. The van der Waals surface area contributed by atoms with E-state index in [1.165, 1.54) is 0 Å². The number of carbonyl (C=O) groups is 1. The first kappa shape index (κ1) is 20.0. The molecule has 154 valence electrons. The molecule has 0 saturated carbocycles. The maximum Gasteiger partial charge on any atom is 0.329 e. The van der Waals surface area contributed by atoms with Gasteiger partial charge < -0.3 is 14.7 Å². The molecule has 2 aromatic carbocycles. The lowest BCUT2D eigenvalue weighted by Crippen LogP contribution is -2.44. The van der Waals surface area contributed by atoms with Crippen LogP contribution >= 0.6 is 0 Å². The Balaban J connectivity index is 1.63. The van der Waals surface area contributed by atoms with Crippen molar-refractivity contribution in [2.24, 2.45) is 0 Å². The second-order valence-corrected chi connectivity index (χ2v) is 7.55. The van der Waals surface area contributed by atoms with Crippen molar-refractivity contribution in [3.05, 3.63) is 66.9 Å². The SMILES string of the molecule is C[C@@H]1C[C@@H](OCC(=O)O)CCN1c1cnc(-c2ccccc2)c(-c2ccccc2)n1. The Morgan fingerprint density at radius 2 is 1.70 bits per heavy atom. The maximum absolute atomic E-state index is 10.8. The van der Waals surface area contributed by atoms with Crippen LogP contribution in [0, 0.1) is 0 Å². The standard InChI is InChI=1S/C24H25N3O3/c1-17-14-20(30-16-22(28)29)12-13-27(17)21-15-25-23(18-8-4-2-5-9-18)24(26-21)19-10-6-3-7-11-19/h2-11,15,17,20H,12-14,16H2,1H3,(H,28,29)/t17-,20+/m1/s1. The molecule has 1 aliphatic rings. The van der Waals surface area contributed by atoms with Gasteiger partial charge in [0.05, 0.1) is 23.7 Å². The molecule has 2 atom stereocenters. The van der Waals surface area contributed by atoms with Gasteiger partial charge in [-0.3, -0.25) is 4.98 Å². The molecule has 0 amide bonds. The van der Waals surface area contributed by atoms with Crippen LogP contribution in [0.25, 0.3) is 22.5 Å². The van der Waals surface area contributed by atoms with E-state index in [-0.39, 0.29) is 18.8 Å². The lowest BCUT2D eigenvalue weighted by molar-refractivity contribution is -0.144. The Morgan fingerprint density at radius 1 is 1.07 bits per heavy atom. The van der Waals surface area contributed by atoms with E-state index in [0.29, 0.717) is 0 Å². The van der Waals surface area contributed by atoms with E-state index in [1.54, 1.807) is 0 Å². The summed E-state index contributed by atoms with van der Waals surface area (Å²) >= 11 is 0. The number of piperidine rings is 1. The van der Waals surface area contributed by atoms with Gasteiger partial charge in [0.2, 0.25) is 0 Å². The molecule has 0 bridgehead atoms. The number of anilines is 1. The van der Waals surface area contributed by atoms with E-state index in [1.807, 2.05) is 54.7 Å². The summed E-state index contributed by atoms with van der Waals surface area (Å²) < 4.78 is 5.51. The van der Waals surface area contributed by atoms with Crippen LogP contribution in [0.5, 0.6) is 0 Å². The Hall–Kier alpha value is -3.25. The van der Waals surface area contributed by atoms with Crippen molar-refractivity contribution in [3.8, 4) is 22.5 Å². The molecule has 1 aromatic heterocycles. The maximum atomic E-state index is 10.8. The molecule has 4 rings (SSSR count). The molecular weight excluding hydrogens is 378 g/mol. The third kappa shape index (κ3) is 4.49. The molecular formula is C24H25N3O3. The normalized spacial score (nSPS) is 18.9. The van der Waals surface area contributed by atoms with Crippen LogP contribution in [0.15, 0.2) is 66.9 Å². The zero-order valence-corrected chi connectivity index (χ0v) is 16.9. The summed E-state index contributed by atoms with van der Waals surface area (Å²) in [6.07, 6.45) is 3.32. The Bertz CT molecular complexity index is 995. The van der Waals surface area contributed by atoms with Gasteiger partial charge in [0.1, 0.15) is 12.4 Å². The van der Waals surface area contributed by atoms with Crippen LogP contribution in [-0.4, -0.2) is 46.3 Å². The minimum atomic E-state index is -0.931. The van der Waals surface area contributed by atoms with Gasteiger partial charge in [-0.25, -0.2) is 9.78 Å². The summed E-state index contributed by atoms with van der Waals surface area (Å²) in [5.41, 5.74) is 3.77. The van der Waals surface area contributed by atoms with E-state index in [4.69, 9.17) is 19.8 Å². The number of ether oxygens (including phenoxy) is 1. The average Bonchev–Trinajstić information content (AvgIpc) is 2.78. The molecule has 6 nitrogen and oxygen atoms in total. The zero-order valence-electron chi connectivity index (χ0n) is 16.9. The van der Waals surface area contributed by atoms with Crippen molar-refractivity contribution in [2.75, 3.05) is 18.1 Å². The number of hydrogen-bond acceptors (Lipinski definition) is 5. The van der Waals surface area contributed by atoms with Crippen LogP contribution < -0.4 is 4.90 Å². The van der Waals surface area contributed by atoms with Gasteiger partial charge in [-0.2, -0.15) is 0 Å². The largest absolute Gasteiger partial charge is 0.480 e. The minimum Gasteiger partial charge on any atom is -0.480 e. The monoisotopic (exact) mass is 403 g/mol. The van der Waals surface area contributed by atoms with Crippen molar-refractivity contribution in [2.45, 2.75) is 31.9 Å². The van der Waals surface area contributed by atoms with E-state index >= 15 is 0 Å². The summed E-state index contributed by atoms with van der Waals surface area (Å²) in [5.74, 6) is -0.0994. The van der Waals surface area contributed by atoms with Crippen LogP contribution in [0.4, 0.5) is 5.82 Å². The van der Waals surface area contributed by atoms with Crippen LogP contribution in [-0.2, 0) is 9.53 Å². The van der Waals surface area contributed by atoms with Crippen molar-refractivity contribution in [1.82, 2.24) is 9.97 Å². The number of aromatic nitrogens is 2. The highest BCUT2D eigenvalue weighted by Crippen LogP contribution is 2.32. The molecule has 0 radical (unpaired) electrons. The van der Waals surface area contributed by atoms with Crippen LogP contribution in [0.3, 0.4) is 0 Å². The molecule has 1 N–H and O–H groups in total. The average molecular weight is 403 g/mol. The van der Waals surface area contributed by atoms with Gasteiger partial charge in [0.15, 0.2) is 0 Å². The van der Waals surface area contributed by atoms with E-state index in [9.17, 15) is 4.79 Å². The van der Waals surface area contributed by atoms with Crippen molar-refractivity contribution >= 4 is 11.8 Å². The predicted octanol–water partition coefficient (Wildman–Crippen LogP) is 4.27. The molecule has 1 fully saturated rings. The molecule has 3 aromatic rings. The fourth-order valence-electron chi connectivity index (χ4n) is 3.93. The summed E-state index contributed by atoms with van der Waals surface area (Å²) in [6.45, 7) is 2.62. The fraction of sp³-hybridized carbons (Fsp3) is 0.292. The van der Waals surface area contributed by atoms with Gasteiger partial charge >= 0.3 is 5.97 Å². The van der Waals surface area contributed by atoms with Gasteiger partial charge in [-0.1, -0.05) is 60.7 Å². The third-order valence-corrected chi connectivity index (χ3v) is 5.42. The summed E-state index contributed by atoms with van der Waals surface area (Å²) in [5, 5.41) is 8.85. The highest BCUT2D eigenvalue weighted by atomic mass is 16.5. The first-order chi connectivity index (χ1) is 14.6. The van der Waals surface area contributed by atoms with Gasteiger partial charge in [-0.15, -0.1) is 0 Å². The topological polar surface area (TPSA) is 75.6 Å². The number of carboxylic acid groups (broad SMARTS) is 1. The molecule has 30 heavy (non-hydrogen) atoms. The molecule has 6 heteroatoms. The highest BCUT2D eigenvalue weighted by molar-refractivity contribution is 5.78. The summed E-state index contributed by atoms with van der Waals surface area (Å²) in [6, 6.07) is 20.4. The minimum absolute atomic E-state index is 0.0440. The Morgan fingerprint density at radius 3 is 2.30 bits per heavy atom. The fourth-order valence-corrected chi connectivity index (χ4v) is 3.93. The summed E-state index contributed by atoms with van der Waals surface area (Å²) in [7, 11) is 0. The first-order valence-electron chi connectivity index (χ1n) is 10.2. The molecule has 0 aliphatic carbocycles. The molecule has 1 aliphatic heterocycles. The van der Waals surface area contributed by atoms with Gasteiger partial charge in [0, 0.05) is 23.7 Å². The summed E-state index contributed by atoms with van der Waals surface area (Å²) in [4.78, 5) is 22.8. The second kappa shape index (κ2) is 9.05. The molecule has 0 unspecified atom stereocenters. The van der Waals surface area contributed by atoms with E-state index in [0.717, 1.165) is 47.7 Å². The van der Waals surface area contributed by atoms with Crippen LogP contribution in [0.2, 0.25) is 0 Å². The molecule has 2 heterocycles. The van der Waals surface area contributed by atoms with Gasteiger partial charge in [0.25, 0.3) is 0 Å². The lowest BCUT2D eigenvalue weighted by atomic mass is 10.0. The third-order valence-electron chi connectivity index (χ3n) is 5.42. The van der Waals surface area contributed by atoms with Crippen molar-refractivity contribution in [1.29, 1.82) is 0 Å². The highest BCUT2D eigenvalue weighted by Gasteiger charge is 2.28. The van der Waals surface area contributed by atoms with E-state index in [2.05, 4.69) is 24.0 Å². The Labute approximate surface area is 176 Å². The smallest absolute Gasteiger partial charge is 0.329 e. The quantitative estimate of drug-likeness (QED) is 0.662. The van der Waals surface area contributed by atoms with E-state index < -0.39 is 5.97 Å². The van der Waals surface area contributed by atoms with Gasteiger partial charge in [-0.05, 0) is 19.8 Å².